The Kier molecular flexibility index (Phi) is 5.15. The maximum atomic E-state index is 11.0. The number of carbonyl (C=O) groups is 2. The van der Waals surface area contributed by atoms with Crippen LogP contribution in [0.3, 0.4) is 0 Å². The molecule has 0 bridgehead atoms. The Bertz CT molecular complexity index is 207. The van der Waals surface area contributed by atoms with E-state index in [1.165, 1.54) is 18.9 Å². The molecule has 5 heteroatoms. The van der Waals surface area contributed by atoms with Gasteiger partial charge in [0.2, 0.25) is 6.41 Å². The van der Waals surface area contributed by atoms with Gasteiger partial charge in [0, 0.05) is 26.7 Å². The van der Waals surface area contributed by atoms with Crippen LogP contribution in [0.4, 0.5) is 0 Å². The summed E-state index contributed by atoms with van der Waals surface area (Å²) in [6.45, 7) is 3.94. The summed E-state index contributed by atoms with van der Waals surface area (Å²) >= 11 is 0. The number of ether oxygens (including phenoxy) is 1. The number of methoxy groups -OCH3 is 1. The van der Waals surface area contributed by atoms with Gasteiger partial charge in [-0.3, -0.25) is 4.79 Å². The maximum absolute atomic E-state index is 11.0. The number of nitrogens with zero attached hydrogens (tertiary/aromatic N) is 1. The molecule has 0 aliphatic rings. The topological polar surface area (TPSA) is 66.8 Å². The number of amides is 1. The lowest BCUT2D eigenvalue weighted by Gasteiger charge is -2.34. The number of hydrogen-bond donors (Lipinski definition) is 1. The summed E-state index contributed by atoms with van der Waals surface area (Å²) in [7, 11) is 1.50. The highest BCUT2D eigenvalue weighted by Crippen LogP contribution is 2.18. The molecule has 0 spiro atoms. The van der Waals surface area contributed by atoms with Gasteiger partial charge < -0.3 is 14.7 Å². The molecule has 0 rings (SSSR count). The summed E-state index contributed by atoms with van der Waals surface area (Å²) in [5.74, 6) is -1.01. The number of aliphatic carboxylic acids is 1. The Labute approximate surface area is 83.6 Å². The van der Waals surface area contributed by atoms with Gasteiger partial charge in [0.05, 0.1) is 0 Å². The van der Waals surface area contributed by atoms with Crippen LogP contribution in [0.5, 0.6) is 0 Å². The van der Waals surface area contributed by atoms with Crippen LogP contribution < -0.4 is 0 Å². The van der Waals surface area contributed by atoms with E-state index in [2.05, 4.69) is 0 Å². The third kappa shape index (κ3) is 2.70. The minimum atomic E-state index is -1.17. The van der Waals surface area contributed by atoms with E-state index in [4.69, 9.17) is 9.84 Å². The molecule has 14 heavy (non-hydrogen) atoms. The minimum Gasteiger partial charge on any atom is -0.480 e. The lowest BCUT2D eigenvalue weighted by molar-refractivity contribution is -0.155. The van der Waals surface area contributed by atoms with Crippen molar-refractivity contribution in [3.8, 4) is 0 Å². The highest BCUT2D eigenvalue weighted by molar-refractivity contribution is 5.80. The first-order valence-electron chi connectivity index (χ1n) is 4.47. The number of rotatable bonds is 7. The lowest BCUT2D eigenvalue weighted by atomic mass is 9.96. The average Bonchev–Trinajstić information content (AvgIpc) is 2.16. The van der Waals surface area contributed by atoms with E-state index in [1.54, 1.807) is 6.92 Å². The number of carboxylic acid groups (broad SMARTS) is 1. The van der Waals surface area contributed by atoms with E-state index >= 15 is 0 Å². The average molecular weight is 203 g/mol. The molecule has 1 amide bonds. The van der Waals surface area contributed by atoms with Gasteiger partial charge in [-0.05, 0) is 13.8 Å². The monoisotopic (exact) mass is 203 g/mol. The van der Waals surface area contributed by atoms with Crippen molar-refractivity contribution in [2.45, 2.75) is 25.8 Å². The zero-order valence-corrected chi connectivity index (χ0v) is 8.82. The van der Waals surface area contributed by atoms with Crippen LogP contribution in [-0.4, -0.2) is 48.2 Å². The molecule has 1 unspecified atom stereocenters. The molecule has 0 radical (unpaired) electrons. The van der Waals surface area contributed by atoms with E-state index < -0.39 is 11.5 Å². The summed E-state index contributed by atoms with van der Waals surface area (Å²) in [6.07, 6.45) is 0.842. The molecular weight excluding hydrogens is 186 g/mol. The molecule has 0 aliphatic heterocycles. The Morgan fingerprint density at radius 1 is 1.64 bits per heavy atom. The fourth-order valence-corrected chi connectivity index (χ4v) is 1.21. The predicted molar refractivity (Wildman–Crippen MR) is 51.0 cm³/mol. The molecular formula is C9H17NO4. The summed E-state index contributed by atoms with van der Waals surface area (Å²) in [4.78, 5) is 23.0. The standard InChI is InChI=1S/C9H17NO4/c1-4-10(7-11)9(2,8(12)13)5-6-14-3/h7H,4-6H2,1-3H3,(H,12,13). The van der Waals surface area contributed by atoms with Crippen molar-refractivity contribution in [1.82, 2.24) is 4.90 Å². The van der Waals surface area contributed by atoms with Crippen molar-refractivity contribution in [3.63, 3.8) is 0 Å². The number of hydrogen-bond acceptors (Lipinski definition) is 3. The van der Waals surface area contributed by atoms with Gasteiger partial charge in [-0.25, -0.2) is 4.79 Å². The highest BCUT2D eigenvalue weighted by Gasteiger charge is 2.37. The van der Waals surface area contributed by atoms with Gasteiger partial charge in [0.15, 0.2) is 0 Å². The second-order valence-corrected chi connectivity index (χ2v) is 3.21. The Morgan fingerprint density at radius 3 is 2.50 bits per heavy atom. The largest absolute Gasteiger partial charge is 0.480 e. The van der Waals surface area contributed by atoms with Crippen molar-refractivity contribution in [1.29, 1.82) is 0 Å². The first-order chi connectivity index (χ1) is 6.52. The zero-order valence-electron chi connectivity index (χ0n) is 8.82. The lowest BCUT2D eigenvalue weighted by Crippen LogP contribution is -2.52. The van der Waals surface area contributed by atoms with E-state index in [9.17, 15) is 9.59 Å². The number of likely N-dealkylation sites (N-methyl/N-ethyl adjacent to an activating group) is 1. The molecule has 0 fully saturated rings. The van der Waals surface area contributed by atoms with E-state index in [0.29, 0.717) is 19.6 Å². The molecule has 82 valence electrons. The smallest absolute Gasteiger partial charge is 0.329 e. The molecule has 0 aliphatic carbocycles. The maximum Gasteiger partial charge on any atom is 0.329 e. The third-order valence-electron chi connectivity index (χ3n) is 2.36. The second kappa shape index (κ2) is 5.59. The van der Waals surface area contributed by atoms with Crippen LogP contribution in [0.2, 0.25) is 0 Å². The van der Waals surface area contributed by atoms with Crippen molar-refractivity contribution >= 4 is 12.4 Å². The fourth-order valence-electron chi connectivity index (χ4n) is 1.21. The molecule has 5 nitrogen and oxygen atoms in total. The molecule has 0 aromatic heterocycles. The van der Waals surface area contributed by atoms with Crippen molar-refractivity contribution in [2.75, 3.05) is 20.3 Å². The van der Waals surface area contributed by atoms with Gasteiger partial charge in [-0.1, -0.05) is 0 Å². The molecule has 0 aromatic carbocycles. The molecule has 0 saturated heterocycles. The normalized spacial score (nSPS) is 14.5. The van der Waals surface area contributed by atoms with Gasteiger partial charge in [-0.2, -0.15) is 0 Å². The number of carbonyl (C=O) groups excluding carboxylic acids is 1. The number of carboxylic acids is 1. The van der Waals surface area contributed by atoms with Crippen LogP contribution in [-0.2, 0) is 14.3 Å². The predicted octanol–water partition coefficient (Wildman–Crippen LogP) is 0.344. The van der Waals surface area contributed by atoms with Gasteiger partial charge in [0.1, 0.15) is 5.54 Å². The molecule has 0 heterocycles. The molecule has 1 atom stereocenters. The van der Waals surface area contributed by atoms with Gasteiger partial charge >= 0.3 is 5.97 Å². The molecule has 0 aromatic rings. The van der Waals surface area contributed by atoms with E-state index in [-0.39, 0.29) is 6.42 Å². The summed E-state index contributed by atoms with van der Waals surface area (Å²) in [5, 5.41) is 9.04. The SMILES string of the molecule is CCN(C=O)C(C)(CCOC)C(=O)O. The third-order valence-corrected chi connectivity index (χ3v) is 2.36. The van der Waals surface area contributed by atoms with E-state index in [1.807, 2.05) is 0 Å². The van der Waals surface area contributed by atoms with Crippen LogP contribution in [0.15, 0.2) is 0 Å². The quantitative estimate of drug-likeness (QED) is 0.606. The molecule has 0 saturated carbocycles. The van der Waals surface area contributed by atoms with Gasteiger partial charge in [-0.15, -0.1) is 0 Å². The molecule has 1 N–H and O–H groups in total. The fraction of sp³-hybridized carbons (Fsp3) is 0.778. The Balaban J connectivity index is 4.67. The summed E-state index contributed by atoms with van der Waals surface area (Å²) < 4.78 is 4.82. The van der Waals surface area contributed by atoms with E-state index in [0.717, 1.165) is 0 Å². The Morgan fingerprint density at radius 2 is 2.21 bits per heavy atom. The van der Waals surface area contributed by atoms with Gasteiger partial charge in [0.25, 0.3) is 0 Å². The first-order valence-corrected chi connectivity index (χ1v) is 4.47. The van der Waals surface area contributed by atoms with Crippen LogP contribution in [0.1, 0.15) is 20.3 Å². The minimum absolute atomic E-state index is 0.283. The summed E-state index contributed by atoms with van der Waals surface area (Å²) in [5.41, 5.74) is -1.17. The summed E-state index contributed by atoms with van der Waals surface area (Å²) in [6, 6.07) is 0. The van der Waals surface area contributed by atoms with Crippen LogP contribution in [0, 0.1) is 0 Å². The van der Waals surface area contributed by atoms with Crippen molar-refractivity contribution in [2.24, 2.45) is 0 Å². The van der Waals surface area contributed by atoms with Crippen LogP contribution >= 0.6 is 0 Å². The highest BCUT2D eigenvalue weighted by atomic mass is 16.5. The zero-order chi connectivity index (χ0) is 11.2. The van der Waals surface area contributed by atoms with Crippen LogP contribution in [0.25, 0.3) is 0 Å². The Hall–Kier alpha value is -1.10. The second-order valence-electron chi connectivity index (χ2n) is 3.21. The van der Waals surface area contributed by atoms with Crippen molar-refractivity contribution in [3.05, 3.63) is 0 Å². The van der Waals surface area contributed by atoms with Crippen molar-refractivity contribution < 1.29 is 19.4 Å². The first kappa shape index (κ1) is 12.9.